The molecule has 1 N–H and O–H groups in total. The van der Waals surface area contributed by atoms with Crippen molar-refractivity contribution in [2.45, 2.75) is 26.3 Å². The fourth-order valence-corrected chi connectivity index (χ4v) is 2.73. The van der Waals surface area contributed by atoms with Gasteiger partial charge >= 0.3 is 0 Å². The molecular weight excluding hydrogens is 305 g/mol. The summed E-state index contributed by atoms with van der Waals surface area (Å²) >= 11 is 12.1. The van der Waals surface area contributed by atoms with Crippen LogP contribution in [0.2, 0.25) is 10.0 Å². The molecule has 2 aromatic rings. The third kappa shape index (κ3) is 3.78. The number of nitrogens with one attached hydrogen (secondary N) is 1. The van der Waals surface area contributed by atoms with Crippen molar-refractivity contribution in [3.8, 4) is 0 Å². The van der Waals surface area contributed by atoms with Gasteiger partial charge in [0, 0.05) is 0 Å². The maximum Gasteiger partial charge on any atom is 0.254 e. The van der Waals surface area contributed by atoms with Crippen LogP contribution in [-0.2, 0) is 0 Å². The van der Waals surface area contributed by atoms with Crippen molar-refractivity contribution in [1.29, 1.82) is 0 Å². The number of halogens is 2. The Morgan fingerprint density at radius 2 is 1.67 bits per heavy atom. The Morgan fingerprint density at radius 1 is 1.10 bits per heavy atom. The smallest absolute Gasteiger partial charge is 0.254 e. The summed E-state index contributed by atoms with van der Waals surface area (Å²) in [6.45, 7) is 4.06. The molecule has 0 aliphatic rings. The summed E-state index contributed by atoms with van der Waals surface area (Å²) in [6.07, 6.45) is 0.789. The predicted molar refractivity (Wildman–Crippen MR) is 88.1 cm³/mol. The standard InChI is InChI=1S/C17H17Cl2NO/c1-3-15(12-9-7-11(2)8-10-12)20-17(21)16-13(18)5-4-6-14(16)19/h4-10,15H,3H2,1-2H3,(H,20,21)/t15-/m1/s1. The fourth-order valence-electron chi connectivity index (χ4n) is 2.17. The van der Waals surface area contributed by atoms with Crippen molar-refractivity contribution in [3.05, 3.63) is 69.2 Å². The molecule has 2 rings (SSSR count). The third-order valence-electron chi connectivity index (χ3n) is 3.38. The number of carbonyl (C=O) groups is 1. The molecule has 4 heteroatoms. The molecular formula is C17H17Cl2NO. The Hall–Kier alpha value is -1.51. The fraction of sp³-hybridized carbons (Fsp3) is 0.235. The summed E-state index contributed by atoms with van der Waals surface area (Å²) in [4.78, 5) is 12.4. The van der Waals surface area contributed by atoms with Gasteiger partial charge in [0.25, 0.3) is 5.91 Å². The molecule has 0 aliphatic carbocycles. The average Bonchev–Trinajstić information content (AvgIpc) is 2.45. The van der Waals surface area contributed by atoms with E-state index in [4.69, 9.17) is 23.2 Å². The zero-order valence-corrected chi connectivity index (χ0v) is 13.5. The van der Waals surface area contributed by atoms with Crippen LogP contribution in [0.3, 0.4) is 0 Å². The lowest BCUT2D eigenvalue weighted by molar-refractivity contribution is 0.0936. The highest BCUT2D eigenvalue weighted by atomic mass is 35.5. The molecule has 0 spiro atoms. The van der Waals surface area contributed by atoms with Crippen LogP contribution >= 0.6 is 23.2 Å². The molecule has 0 heterocycles. The van der Waals surface area contributed by atoms with Gasteiger partial charge in [-0.3, -0.25) is 4.79 Å². The van der Waals surface area contributed by atoms with E-state index < -0.39 is 0 Å². The van der Waals surface area contributed by atoms with E-state index in [1.807, 2.05) is 38.1 Å². The van der Waals surface area contributed by atoms with Gasteiger partial charge in [-0.25, -0.2) is 0 Å². The molecule has 21 heavy (non-hydrogen) atoms. The first-order valence-electron chi connectivity index (χ1n) is 6.84. The van der Waals surface area contributed by atoms with E-state index in [1.54, 1.807) is 18.2 Å². The third-order valence-corrected chi connectivity index (χ3v) is 4.01. The largest absolute Gasteiger partial charge is 0.345 e. The zero-order valence-electron chi connectivity index (χ0n) is 12.0. The summed E-state index contributed by atoms with van der Waals surface area (Å²) in [7, 11) is 0. The Morgan fingerprint density at radius 3 is 2.19 bits per heavy atom. The van der Waals surface area contributed by atoms with Crippen LogP contribution in [0.5, 0.6) is 0 Å². The normalized spacial score (nSPS) is 12.0. The van der Waals surface area contributed by atoms with E-state index in [1.165, 1.54) is 5.56 Å². The maximum atomic E-state index is 12.4. The van der Waals surface area contributed by atoms with Crippen molar-refractivity contribution in [2.75, 3.05) is 0 Å². The van der Waals surface area contributed by atoms with Crippen LogP contribution in [-0.4, -0.2) is 5.91 Å². The number of aryl methyl sites for hydroxylation is 1. The lowest BCUT2D eigenvalue weighted by Crippen LogP contribution is -2.28. The van der Waals surface area contributed by atoms with E-state index in [0.29, 0.717) is 15.6 Å². The van der Waals surface area contributed by atoms with Crippen LogP contribution < -0.4 is 5.32 Å². The van der Waals surface area contributed by atoms with Gasteiger partial charge in [0.05, 0.1) is 21.7 Å². The molecule has 0 aliphatic heterocycles. The van der Waals surface area contributed by atoms with Gasteiger partial charge in [-0.1, -0.05) is 66.0 Å². The topological polar surface area (TPSA) is 29.1 Å². The Labute approximate surface area is 135 Å². The number of hydrogen-bond donors (Lipinski definition) is 1. The molecule has 0 saturated carbocycles. The lowest BCUT2D eigenvalue weighted by atomic mass is 10.0. The highest BCUT2D eigenvalue weighted by Crippen LogP contribution is 2.25. The van der Waals surface area contributed by atoms with Gasteiger partial charge in [-0.15, -0.1) is 0 Å². The number of hydrogen-bond acceptors (Lipinski definition) is 1. The Bertz CT molecular complexity index is 617. The molecule has 1 amide bonds. The summed E-state index contributed by atoms with van der Waals surface area (Å²) in [5, 5.41) is 3.71. The number of rotatable bonds is 4. The minimum atomic E-state index is -0.252. The summed E-state index contributed by atoms with van der Waals surface area (Å²) in [6, 6.07) is 13.1. The van der Waals surface area contributed by atoms with Crippen LogP contribution in [0.4, 0.5) is 0 Å². The van der Waals surface area contributed by atoms with E-state index in [9.17, 15) is 4.79 Å². The molecule has 0 bridgehead atoms. The molecule has 2 nitrogen and oxygen atoms in total. The Balaban J connectivity index is 2.22. The molecule has 0 unspecified atom stereocenters. The number of amides is 1. The van der Waals surface area contributed by atoms with Gasteiger partial charge in [-0.05, 0) is 31.0 Å². The summed E-state index contributed by atoms with van der Waals surface area (Å²) in [5.74, 6) is -0.252. The van der Waals surface area contributed by atoms with E-state index in [0.717, 1.165) is 12.0 Å². The van der Waals surface area contributed by atoms with Crippen molar-refractivity contribution in [2.24, 2.45) is 0 Å². The molecule has 2 aromatic carbocycles. The lowest BCUT2D eigenvalue weighted by Gasteiger charge is -2.18. The highest BCUT2D eigenvalue weighted by Gasteiger charge is 2.18. The van der Waals surface area contributed by atoms with E-state index in [2.05, 4.69) is 5.32 Å². The maximum absolute atomic E-state index is 12.4. The van der Waals surface area contributed by atoms with Crippen molar-refractivity contribution in [1.82, 2.24) is 5.32 Å². The van der Waals surface area contributed by atoms with Crippen molar-refractivity contribution >= 4 is 29.1 Å². The van der Waals surface area contributed by atoms with Crippen molar-refractivity contribution in [3.63, 3.8) is 0 Å². The first-order valence-corrected chi connectivity index (χ1v) is 7.60. The highest BCUT2D eigenvalue weighted by molar-refractivity contribution is 6.39. The molecule has 0 aromatic heterocycles. The minimum Gasteiger partial charge on any atom is -0.345 e. The first kappa shape index (κ1) is 15.9. The monoisotopic (exact) mass is 321 g/mol. The Kier molecular flexibility index (Phi) is 5.27. The molecule has 0 fully saturated rings. The summed E-state index contributed by atoms with van der Waals surface area (Å²) in [5.41, 5.74) is 2.58. The average molecular weight is 322 g/mol. The molecule has 110 valence electrons. The molecule has 0 radical (unpaired) electrons. The predicted octanol–water partition coefficient (Wildman–Crippen LogP) is 5.18. The van der Waals surface area contributed by atoms with Crippen LogP contribution in [0.15, 0.2) is 42.5 Å². The van der Waals surface area contributed by atoms with Gasteiger partial charge < -0.3 is 5.32 Å². The quantitative estimate of drug-likeness (QED) is 0.825. The van der Waals surface area contributed by atoms with Crippen molar-refractivity contribution < 1.29 is 4.79 Å². The second-order valence-electron chi connectivity index (χ2n) is 4.94. The van der Waals surface area contributed by atoms with Gasteiger partial charge in [0.1, 0.15) is 0 Å². The molecule has 1 atom stereocenters. The first-order chi connectivity index (χ1) is 10.0. The number of benzene rings is 2. The second kappa shape index (κ2) is 6.97. The van der Waals surface area contributed by atoms with Crippen LogP contribution in [0.25, 0.3) is 0 Å². The van der Waals surface area contributed by atoms with E-state index in [-0.39, 0.29) is 11.9 Å². The summed E-state index contributed by atoms with van der Waals surface area (Å²) < 4.78 is 0. The van der Waals surface area contributed by atoms with Crippen LogP contribution in [0.1, 0.15) is 40.9 Å². The van der Waals surface area contributed by atoms with Gasteiger partial charge in [0.15, 0.2) is 0 Å². The van der Waals surface area contributed by atoms with Gasteiger partial charge in [-0.2, -0.15) is 0 Å². The SMILES string of the molecule is CC[C@@H](NC(=O)c1c(Cl)cccc1Cl)c1ccc(C)cc1. The minimum absolute atomic E-state index is 0.0644. The second-order valence-corrected chi connectivity index (χ2v) is 5.76. The van der Waals surface area contributed by atoms with Crippen LogP contribution in [0, 0.1) is 6.92 Å². The molecule has 0 saturated heterocycles. The van der Waals surface area contributed by atoms with E-state index >= 15 is 0 Å². The zero-order chi connectivity index (χ0) is 15.4. The van der Waals surface area contributed by atoms with Gasteiger partial charge in [0.2, 0.25) is 0 Å². The number of carbonyl (C=O) groups excluding carboxylic acids is 1.